The number of anilines is 1. The number of rotatable bonds is 5. The number of hydrogen-bond acceptors (Lipinski definition) is 5. The fourth-order valence-electron chi connectivity index (χ4n) is 3.19. The molecule has 0 saturated heterocycles. The number of benzene rings is 2. The number of ether oxygens (including phenoxy) is 1. The normalized spacial score (nSPS) is 12.1. The second-order valence-corrected chi connectivity index (χ2v) is 10.5. The Labute approximate surface area is 180 Å². The number of hydrogen-bond donors (Lipinski definition) is 1. The summed E-state index contributed by atoms with van der Waals surface area (Å²) in [6.07, 6.45) is 1.58. The SMILES string of the molecule is CC(C)(C)c1ccccc1Oc1ncccc1NS(=O)(=O)c1csc2ccccc12. The fraction of sp³-hybridized carbons (Fsp3) is 0.174. The molecule has 0 aliphatic rings. The Morgan fingerprint density at radius 2 is 1.70 bits per heavy atom. The van der Waals surface area contributed by atoms with E-state index in [9.17, 15) is 8.42 Å². The minimum Gasteiger partial charge on any atom is -0.437 e. The van der Waals surface area contributed by atoms with Crippen LogP contribution in [-0.2, 0) is 15.4 Å². The highest BCUT2D eigenvalue weighted by Gasteiger charge is 2.23. The summed E-state index contributed by atoms with van der Waals surface area (Å²) in [6.45, 7) is 6.29. The summed E-state index contributed by atoms with van der Waals surface area (Å²) in [5.74, 6) is 0.849. The van der Waals surface area contributed by atoms with Gasteiger partial charge in [0.15, 0.2) is 0 Å². The highest BCUT2D eigenvalue weighted by Crippen LogP contribution is 2.37. The molecule has 0 bridgehead atoms. The molecule has 30 heavy (non-hydrogen) atoms. The van der Waals surface area contributed by atoms with E-state index in [1.807, 2.05) is 42.5 Å². The van der Waals surface area contributed by atoms with Crippen molar-refractivity contribution < 1.29 is 13.2 Å². The first-order chi connectivity index (χ1) is 14.3. The Kier molecular flexibility index (Phi) is 5.26. The quantitative estimate of drug-likeness (QED) is 0.403. The molecule has 0 radical (unpaired) electrons. The van der Waals surface area contributed by atoms with E-state index >= 15 is 0 Å². The largest absolute Gasteiger partial charge is 0.437 e. The summed E-state index contributed by atoms with van der Waals surface area (Å²) in [7, 11) is -3.81. The van der Waals surface area contributed by atoms with Gasteiger partial charge in [0.2, 0.25) is 5.88 Å². The van der Waals surface area contributed by atoms with E-state index in [4.69, 9.17) is 4.74 Å². The summed E-state index contributed by atoms with van der Waals surface area (Å²) in [4.78, 5) is 4.52. The highest BCUT2D eigenvalue weighted by molar-refractivity contribution is 7.93. The molecule has 0 unspecified atom stereocenters. The molecule has 0 amide bonds. The number of fused-ring (bicyclic) bond motifs is 1. The maximum atomic E-state index is 13.1. The summed E-state index contributed by atoms with van der Waals surface area (Å²) in [6, 6.07) is 18.5. The molecule has 0 atom stereocenters. The number of para-hydroxylation sites is 1. The third-order valence-corrected chi connectivity index (χ3v) is 7.17. The Morgan fingerprint density at radius 1 is 0.967 bits per heavy atom. The molecule has 2 aromatic carbocycles. The molecule has 0 fully saturated rings. The lowest BCUT2D eigenvalue weighted by atomic mass is 9.86. The predicted molar refractivity (Wildman–Crippen MR) is 122 cm³/mol. The molecular formula is C23H22N2O3S2. The Hall–Kier alpha value is -2.90. The van der Waals surface area contributed by atoms with Gasteiger partial charge in [-0.15, -0.1) is 11.3 Å². The lowest BCUT2D eigenvalue weighted by molar-refractivity contribution is 0.442. The van der Waals surface area contributed by atoms with Crippen molar-refractivity contribution in [2.75, 3.05) is 4.72 Å². The monoisotopic (exact) mass is 438 g/mol. The van der Waals surface area contributed by atoms with Crippen molar-refractivity contribution in [3.05, 3.63) is 77.8 Å². The van der Waals surface area contributed by atoms with Gasteiger partial charge in [0.25, 0.3) is 10.0 Å². The Morgan fingerprint density at radius 3 is 2.50 bits per heavy atom. The number of nitrogens with zero attached hydrogens (tertiary/aromatic N) is 1. The van der Waals surface area contributed by atoms with Crippen LogP contribution in [0.1, 0.15) is 26.3 Å². The minimum absolute atomic E-state index is 0.138. The molecule has 4 aromatic rings. The van der Waals surface area contributed by atoms with E-state index in [1.54, 1.807) is 29.8 Å². The van der Waals surface area contributed by atoms with Crippen LogP contribution in [0.25, 0.3) is 10.1 Å². The molecule has 5 nitrogen and oxygen atoms in total. The second-order valence-electron chi connectivity index (χ2n) is 7.91. The number of pyridine rings is 1. The first-order valence-electron chi connectivity index (χ1n) is 9.47. The molecule has 0 aliphatic carbocycles. The summed E-state index contributed by atoms with van der Waals surface area (Å²) >= 11 is 1.40. The Balaban J connectivity index is 1.70. The third kappa shape index (κ3) is 4.04. The average Bonchev–Trinajstić information content (AvgIpc) is 3.14. The van der Waals surface area contributed by atoms with Crippen LogP contribution >= 0.6 is 11.3 Å². The van der Waals surface area contributed by atoms with Crippen LogP contribution in [0.5, 0.6) is 11.6 Å². The number of sulfonamides is 1. The summed E-state index contributed by atoms with van der Waals surface area (Å²) < 4.78 is 35.9. The molecule has 2 heterocycles. The van der Waals surface area contributed by atoms with Gasteiger partial charge in [-0.3, -0.25) is 4.72 Å². The molecule has 4 rings (SSSR count). The number of aromatic nitrogens is 1. The van der Waals surface area contributed by atoms with Crippen molar-refractivity contribution in [2.24, 2.45) is 0 Å². The zero-order chi connectivity index (χ0) is 21.4. The van der Waals surface area contributed by atoms with Crippen LogP contribution in [0, 0.1) is 0 Å². The van der Waals surface area contributed by atoms with Crippen molar-refractivity contribution >= 4 is 37.1 Å². The second kappa shape index (κ2) is 7.74. The van der Waals surface area contributed by atoms with Crippen LogP contribution in [0.2, 0.25) is 0 Å². The first-order valence-corrected chi connectivity index (χ1v) is 11.8. The van der Waals surface area contributed by atoms with E-state index in [0.29, 0.717) is 11.1 Å². The van der Waals surface area contributed by atoms with Gasteiger partial charge in [-0.05, 0) is 29.7 Å². The van der Waals surface area contributed by atoms with Crippen molar-refractivity contribution in [3.8, 4) is 11.6 Å². The molecular weight excluding hydrogens is 416 g/mol. The smallest absolute Gasteiger partial charge is 0.263 e. The van der Waals surface area contributed by atoms with Crippen LogP contribution in [0.3, 0.4) is 0 Å². The lowest BCUT2D eigenvalue weighted by Crippen LogP contribution is -2.15. The van der Waals surface area contributed by atoms with Crippen molar-refractivity contribution in [3.63, 3.8) is 0 Å². The van der Waals surface area contributed by atoms with E-state index < -0.39 is 10.0 Å². The predicted octanol–water partition coefficient (Wildman–Crippen LogP) is 6.19. The fourth-order valence-corrected chi connectivity index (χ4v) is 5.75. The molecule has 1 N–H and O–H groups in total. The van der Waals surface area contributed by atoms with Crippen LogP contribution in [0.4, 0.5) is 5.69 Å². The molecule has 0 spiro atoms. The molecule has 0 aliphatic heterocycles. The zero-order valence-electron chi connectivity index (χ0n) is 16.9. The first kappa shape index (κ1) is 20.4. The van der Waals surface area contributed by atoms with E-state index in [1.165, 1.54) is 11.3 Å². The van der Waals surface area contributed by atoms with Crippen LogP contribution < -0.4 is 9.46 Å². The molecule has 0 saturated carbocycles. The minimum atomic E-state index is -3.81. The van der Waals surface area contributed by atoms with E-state index in [-0.39, 0.29) is 21.9 Å². The Bertz CT molecular complexity index is 1310. The lowest BCUT2D eigenvalue weighted by Gasteiger charge is -2.22. The van der Waals surface area contributed by atoms with Gasteiger partial charge in [0, 0.05) is 27.2 Å². The van der Waals surface area contributed by atoms with Gasteiger partial charge < -0.3 is 4.74 Å². The van der Waals surface area contributed by atoms with Crippen LogP contribution in [-0.4, -0.2) is 13.4 Å². The van der Waals surface area contributed by atoms with Gasteiger partial charge in [0.1, 0.15) is 16.3 Å². The van der Waals surface area contributed by atoms with Gasteiger partial charge in [-0.1, -0.05) is 57.2 Å². The maximum Gasteiger partial charge on any atom is 0.263 e. The number of thiophene rings is 1. The van der Waals surface area contributed by atoms with Crippen molar-refractivity contribution in [1.82, 2.24) is 4.98 Å². The van der Waals surface area contributed by atoms with Gasteiger partial charge in [-0.2, -0.15) is 0 Å². The maximum absolute atomic E-state index is 13.1. The molecule has 7 heteroatoms. The van der Waals surface area contributed by atoms with Crippen molar-refractivity contribution in [2.45, 2.75) is 31.1 Å². The van der Waals surface area contributed by atoms with E-state index in [0.717, 1.165) is 10.3 Å². The summed E-state index contributed by atoms with van der Waals surface area (Å²) in [5, 5.41) is 2.35. The standard InChI is InChI=1S/C23H22N2O3S2/c1-23(2,3)17-10-5-6-12-19(17)28-22-18(11-8-14-24-22)25-30(26,27)21-15-29-20-13-7-4-9-16(20)21/h4-15,25H,1-3H3. The van der Waals surface area contributed by atoms with E-state index in [2.05, 4.69) is 30.5 Å². The van der Waals surface area contributed by atoms with Gasteiger partial charge in [0.05, 0.1) is 0 Å². The molecule has 2 aromatic heterocycles. The zero-order valence-corrected chi connectivity index (χ0v) is 18.5. The summed E-state index contributed by atoms with van der Waals surface area (Å²) in [5.41, 5.74) is 1.16. The molecule has 154 valence electrons. The average molecular weight is 439 g/mol. The van der Waals surface area contributed by atoms with Gasteiger partial charge >= 0.3 is 0 Å². The number of nitrogens with one attached hydrogen (secondary N) is 1. The highest BCUT2D eigenvalue weighted by atomic mass is 32.2. The van der Waals surface area contributed by atoms with Crippen LogP contribution in [0.15, 0.2) is 77.1 Å². The van der Waals surface area contributed by atoms with Gasteiger partial charge in [-0.25, -0.2) is 13.4 Å². The topological polar surface area (TPSA) is 68.3 Å². The third-order valence-electron chi connectivity index (χ3n) is 4.65. The van der Waals surface area contributed by atoms with Crippen molar-refractivity contribution in [1.29, 1.82) is 0 Å².